The van der Waals surface area contributed by atoms with E-state index >= 15 is 0 Å². The molecule has 5 rings (SSSR count). The smallest absolute Gasteiger partial charge is 0.251 e. The minimum atomic E-state index is -3.51. The molecule has 0 bridgehead atoms. The van der Waals surface area contributed by atoms with Crippen LogP contribution in [-0.2, 0) is 14.8 Å². The molecule has 0 aromatic heterocycles. The first-order valence-electron chi connectivity index (χ1n) is 11.0. The molecule has 3 aliphatic heterocycles. The van der Waals surface area contributed by atoms with Crippen molar-refractivity contribution in [3.05, 3.63) is 48.0 Å². The Kier molecular flexibility index (Phi) is 5.71. The lowest BCUT2D eigenvalue weighted by molar-refractivity contribution is -0.117. The zero-order chi connectivity index (χ0) is 23.0. The number of sulfonamides is 1. The van der Waals surface area contributed by atoms with Crippen molar-refractivity contribution in [3.8, 4) is 11.5 Å². The van der Waals surface area contributed by atoms with E-state index in [-0.39, 0.29) is 29.4 Å². The van der Waals surface area contributed by atoms with Crippen LogP contribution in [0.4, 0.5) is 5.69 Å². The molecule has 3 heterocycles. The summed E-state index contributed by atoms with van der Waals surface area (Å²) < 4.78 is 37.4. The van der Waals surface area contributed by atoms with Crippen LogP contribution in [-0.4, -0.2) is 57.5 Å². The molecule has 0 saturated carbocycles. The highest BCUT2D eigenvalue weighted by atomic mass is 32.2. The minimum Gasteiger partial charge on any atom is -0.454 e. The lowest BCUT2D eigenvalue weighted by atomic mass is 10.1. The van der Waals surface area contributed by atoms with Crippen LogP contribution < -0.4 is 19.7 Å². The Labute approximate surface area is 192 Å². The first-order valence-corrected chi connectivity index (χ1v) is 12.4. The van der Waals surface area contributed by atoms with Crippen molar-refractivity contribution in [2.45, 2.75) is 24.2 Å². The van der Waals surface area contributed by atoms with Crippen LogP contribution in [0.3, 0.4) is 0 Å². The summed E-state index contributed by atoms with van der Waals surface area (Å²) in [6.45, 7) is 2.08. The van der Waals surface area contributed by atoms with Gasteiger partial charge in [0, 0.05) is 55.8 Å². The molecule has 1 atom stereocenters. The quantitative estimate of drug-likeness (QED) is 0.691. The third-order valence-electron chi connectivity index (χ3n) is 6.24. The summed E-state index contributed by atoms with van der Waals surface area (Å²) in [4.78, 5) is 27.0. The Morgan fingerprint density at radius 2 is 1.76 bits per heavy atom. The number of anilines is 1. The van der Waals surface area contributed by atoms with Gasteiger partial charge in [0.1, 0.15) is 0 Å². The van der Waals surface area contributed by atoms with Gasteiger partial charge in [-0.15, -0.1) is 0 Å². The predicted octanol–water partition coefficient (Wildman–Crippen LogP) is 1.98. The molecule has 1 N–H and O–H groups in total. The van der Waals surface area contributed by atoms with E-state index in [9.17, 15) is 18.0 Å². The van der Waals surface area contributed by atoms with Gasteiger partial charge in [-0.3, -0.25) is 9.59 Å². The fourth-order valence-electron chi connectivity index (χ4n) is 4.42. The van der Waals surface area contributed by atoms with Crippen molar-refractivity contribution in [2.24, 2.45) is 5.92 Å². The molecular formula is C23H25N3O6S. The molecule has 0 aliphatic carbocycles. The van der Waals surface area contributed by atoms with E-state index in [0.717, 1.165) is 18.5 Å². The molecule has 10 heteroatoms. The molecular weight excluding hydrogens is 446 g/mol. The molecule has 33 heavy (non-hydrogen) atoms. The van der Waals surface area contributed by atoms with Crippen molar-refractivity contribution in [2.75, 3.05) is 37.9 Å². The Hall–Kier alpha value is -3.11. The summed E-state index contributed by atoms with van der Waals surface area (Å²) in [5.74, 6) is 0.945. The van der Waals surface area contributed by atoms with E-state index in [1.54, 1.807) is 17.0 Å². The third-order valence-corrected chi connectivity index (χ3v) is 8.16. The van der Waals surface area contributed by atoms with Gasteiger partial charge >= 0.3 is 0 Å². The van der Waals surface area contributed by atoms with Crippen LogP contribution in [0, 0.1) is 5.92 Å². The normalized spacial score (nSPS) is 20.4. The fourth-order valence-corrected chi connectivity index (χ4v) is 5.93. The molecule has 2 saturated heterocycles. The molecule has 1 unspecified atom stereocenters. The maximum atomic E-state index is 12.6. The maximum absolute atomic E-state index is 12.6. The fraction of sp³-hybridized carbons (Fsp3) is 0.391. The van der Waals surface area contributed by atoms with Gasteiger partial charge in [0.25, 0.3) is 5.91 Å². The van der Waals surface area contributed by atoms with Gasteiger partial charge in [-0.2, -0.15) is 4.31 Å². The first kappa shape index (κ1) is 21.7. The molecule has 9 nitrogen and oxygen atoms in total. The van der Waals surface area contributed by atoms with Gasteiger partial charge in [0.2, 0.25) is 22.7 Å². The van der Waals surface area contributed by atoms with Crippen LogP contribution in [0.25, 0.3) is 0 Å². The molecule has 2 aromatic carbocycles. The van der Waals surface area contributed by atoms with Crippen LogP contribution in [0.2, 0.25) is 0 Å². The lowest BCUT2D eigenvalue weighted by Crippen LogP contribution is -2.31. The molecule has 3 aliphatic rings. The van der Waals surface area contributed by atoms with E-state index in [2.05, 4.69) is 5.32 Å². The number of hydrogen-bond donors (Lipinski definition) is 1. The Bertz CT molecular complexity index is 1180. The largest absolute Gasteiger partial charge is 0.454 e. The third kappa shape index (κ3) is 4.28. The molecule has 2 amide bonds. The second kappa shape index (κ2) is 8.68. The summed E-state index contributed by atoms with van der Waals surface area (Å²) in [5.41, 5.74) is 1.13. The van der Waals surface area contributed by atoms with E-state index in [4.69, 9.17) is 9.47 Å². The molecule has 0 spiro atoms. The summed E-state index contributed by atoms with van der Waals surface area (Å²) >= 11 is 0. The highest BCUT2D eigenvalue weighted by molar-refractivity contribution is 7.89. The average molecular weight is 472 g/mol. The van der Waals surface area contributed by atoms with Crippen molar-refractivity contribution in [3.63, 3.8) is 0 Å². The molecule has 2 fully saturated rings. The van der Waals surface area contributed by atoms with E-state index in [0.29, 0.717) is 49.7 Å². The number of amides is 2. The lowest BCUT2D eigenvalue weighted by Gasteiger charge is -2.17. The standard InChI is InChI=1S/C23H25N3O6S/c27-22-11-16(14-26(22)18-5-8-20-21(12-18)32-15-31-20)13-24-23(28)17-3-6-19(7-4-17)33(29,30)25-9-1-2-10-25/h3-8,12,16H,1-2,9-11,13-15H2,(H,24,28). The number of benzene rings is 2. The second-order valence-electron chi connectivity index (χ2n) is 8.46. The van der Waals surface area contributed by atoms with E-state index < -0.39 is 10.0 Å². The van der Waals surface area contributed by atoms with Gasteiger partial charge in [-0.05, 0) is 49.2 Å². The van der Waals surface area contributed by atoms with Crippen LogP contribution >= 0.6 is 0 Å². The molecule has 2 aromatic rings. The van der Waals surface area contributed by atoms with Crippen molar-refractivity contribution < 1.29 is 27.5 Å². The number of ether oxygens (including phenoxy) is 2. The SMILES string of the molecule is O=C(NCC1CC(=O)N(c2ccc3c(c2)OCO3)C1)c1ccc(S(=O)(=O)N2CCCC2)cc1. The Balaban J connectivity index is 1.18. The number of hydrogen-bond acceptors (Lipinski definition) is 6. The Morgan fingerprint density at radius 3 is 2.52 bits per heavy atom. The summed E-state index contributed by atoms with van der Waals surface area (Å²) in [6.07, 6.45) is 2.08. The van der Waals surface area contributed by atoms with Crippen LogP contribution in [0.1, 0.15) is 29.6 Å². The predicted molar refractivity (Wildman–Crippen MR) is 120 cm³/mol. The number of fused-ring (bicyclic) bond motifs is 1. The summed E-state index contributed by atoms with van der Waals surface area (Å²) in [5, 5.41) is 2.87. The highest BCUT2D eigenvalue weighted by Gasteiger charge is 2.32. The first-order chi connectivity index (χ1) is 15.9. The maximum Gasteiger partial charge on any atom is 0.251 e. The number of carbonyl (C=O) groups is 2. The minimum absolute atomic E-state index is 0.00964. The monoisotopic (exact) mass is 471 g/mol. The topological polar surface area (TPSA) is 105 Å². The van der Waals surface area contributed by atoms with Crippen molar-refractivity contribution >= 4 is 27.5 Å². The van der Waals surface area contributed by atoms with Gasteiger partial charge in [-0.25, -0.2) is 8.42 Å². The number of nitrogens with zero attached hydrogens (tertiary/aromatic N) is 2. The number of rotatable bonds is 6. The van der Waals surface area contributed by atoms with Crippen molar-refractivity contribution in [1.29, 1.82) is 0 Å². The van der Waals surface area contributed by atoms with E-state index in [1.165, 1.54) is 28.6 Å². The number of nitrogens with one attached hydrogen (secondary N) is 1. The molecule has 174 valence electrons. The Morgan fingerprint density at radius 1 is 1.03 bits per heavy atom. The summed E-state index contributed by atoms with van der Waals surface area (Å²) in [6, 6.07) is 11.4. The van der Waals surface area contributed by atoms with Crippen LogP contribution in [0.5, 0.6) is 11.5 Å². The number of carbonyl (C=O) groups excluding carboxylic acids is 2. The zero-order valence-electron chi connectivity index (χ0n) is 18.0. The van der Waals surface area contributed by atoms with Gasteiger partial charge in [0.15, 0.2) is 11.5 Å². The second-order valence-corrected chi connectivity index (χ2v) is 10.4. The van der Waals surface area contributed by atoms with Gasteiger partial charge < -0.3 is 19.7 Å². The zero-order valence-corrected chi connectivity index (χ0v) is 18.8. The average Bonchev–Trinajstić information content (AvgIpc) is 3.58. The van der Waals surface area contributed by atoms with Crippen molar-refractivity contribution in [1.82, 2.24) is 9.62 Å². The highest BCUT2D eigenvalue weighted by Crippen LogP contribution is 2.37. The van der Waals surface area contributed by atoms with E-state index in [1.807, 2.05) is 6.07 Å². The van der Waals surface area contributed by atoms with Gasteiger partial charge in [-0.1, -0.05) is 0 Å². The van der Waals surface area contributed by atoms with Gasteiger partial charge in [0.05, 0.1) is 4.90 Å². The summed E-state index contributed by atoms with van der Waals surface area (Å²) in [7, 11) is -3.51. The molecule has 0 radical (unpaired) electrons. The van der Waals surface area contributed by atoms with Crippen LogP contribution in [0.15, 0.2) is 47.4 Å².